The summed E-state index contributed by atoms with van der Waals surface area (Å²) in [6.07, 6.45) is 5.75. The van der Waals surface area contributed by atoms with Crippen LogP contribution in [0.25, 0.3) is 0 Å². The topological polar surface area (TPSA) is 57.3 Å². The monoisotopic (exact) mass is 348 g/mol. The number of aryl methyl sites for hydroxylation is 1. The molecule has 6 heteroatoms. The first-order valence-electron chi connectivity index (χ1n) is 9.35. The third-order valence-corrected chi connectivity index (χ3v) is 6.86. The average molecular weight is 349 g/mol. The van der Waals surface area contributed by atoms with Crippen LogP contribution < -0.4 is 10.6 Å². The molecule has 132 valence electrons. The van der Waals surface area contributed by atoms with Gasteiger partial charge in [-0.2, -0.15) is 0 Å². The quantitative estimate of drug-likeness (QED) is 0.867. The second-order valence-electron chi connectivity index (χ2n) is 7.62. The zero-order valence-electron chi connectivity index (χ0n) is 14.5. The molecule has 5 nitrogen and oxygen atoms in total. The summed E-state index contributed by atoms with van der Waals surface area (Å²) in [5, 5.41) is 9.85. The number of carbonyl (C=O) groups excluding carboxylic acids is 1. The highest BCUT2D eigenvalue weighted by atomic mass is 32.1. The van der Waals surface area contributed by atoms with Crippen molar-refractivity contribution in [3.05, 3.63) is 16.1 Å². The summed E-state index contributed by atoms with van der Waals surface area (Å²) in [6.45, 7) is 6.27. The summed E-state index contributed by atoms with van der Waals surface area (Å²) < 4.78 is 0. The van der Waals surface area contributed by atoms with Crippen LogP contribution in [0.1, 0.15) is 36.4 Å². The first-order chi connectivity index (χ1) is 11.7. The molecule has 3 fully saturated rings. The molecule has 2 N–H and O–H groups in total. The molecule has 4 heterocycles. The van der Waals surface area contributed by atoms with Gasteiger partial charge in [0.15, 0.2) is 0 Å². The predicted octanol–water partition coefficient (Wildman–Crippen LogP) is 1.57. The van der Waals surface area contributed by atoms with E-state index < -0.39 is 0 Å². The zero-order valence-corrected chi connectivity index (χ0v) is 15.3. The van der Waals surface area contributed by atoms with E-state index >= 15 is 0 Å². The molecule has 1 aromatic rings. The van der Waals surface area contributed by atoms with E-state index in [4.69, 9.17) is 0 Å². The van der Waals surface area contributed by atoms with Crippen LogP contribution in [0, 0.1) is 18.8 Å². The minimum atomic E-state index is 0.111. The number of piperidine rings is 3. The molecule has 0 spiro atoms. The molecule has 0 saturated carbocycles. The highest BCUT2D eigenvalue weighted by Crippen LogP contribution is 2.38. The molecule has 0 aromatic carbocycles. The number of amides is 1. The van der Waals surface area contributed by atoms with Crippen molar-refractivity contribution in [1.29, 1.82) is 0 Å². The van der Waals surface area contributed by atoms with E-state index in [9.17, 15) is 4.79 Å². The molecule has 3 aliphatic heterocycles. The molecule has 3 saturated heterocycles. The number of rotatable bonds is 4. The Hall–Kier alpha value is -0.980. The van der Waals surface area contributed by atoms with E-state index in [0.717, 1.165) is 35.8 Å². The van der Waals surface area contributed by atoms with Gasteiger partial charge in [0, 0.05) is 24.0 Å². The third kappa shape index (κ3) is 3.37. The van der Waals surface area contributed by atoms with Gasteiger partial charge < -0.3 is 10.6 Å². The van der Waals surface area contributed by atoms with E-state index in [2.05, 4.69) is 20.5 Å². The van der Waals surface area contributed by atoms with Crippen LogP contribution in [-0.2, 0) is 11.2 Å². The maximum absolute atomic E-state index is 12.3. The standard InChI is InChI=1S/C18H28N4OS/c1-12-21-15(11-24-12)7-18(23)20-10-17-14-6-13(8-19-9-14)16-4-2-3-5-22(16)17/h11,13-14,16-17,19H,2-10H2,1H3,(H,20,23)/t13-,14+,16+,17+/m1/s1. The molecule has 0 aliphatic carbocycles. The van der Waals surface area contributed by atoms with Crippen molar-refractivity contribution in [1.82, 2.24) is 20.5 Å². The van der Waals surface area contributed by atoms with Gasteiger partial charge in [-0.1, -0.05) is 6.42 Å². The minimum absolute atomic E-state index is 0.111. The summed E-state index contributed by atoms with van der Waals surface area (Å²) in [7, 11) is 0. The molecule has 2 bridgehead atoms. The number of nitrogens with zero attached hydrogens (tertiary/aromatic N) is 2. The molecule has 4 rings (SSSR count). The largest absolute Gasteiger partial charge is 0.354 e. The Morgan fingerprint density at radius 1 is 1.42 bits per heavy atom. The van der Waals surface area contributed by atoms with Gasteiger partial charge in [0.25, 0.3) is 0 Å². The zero-order chi connectivity index (χ0) is 16.5. The summed E-state index contributed by atoms with van der Waals surface area (Å²) in [4.78, 5) is 19.4. The highest BCUT2D eigenvalue weighted by molar-refractivity contribution is 7.09. The lowest BCUT2D eigenvalue weighted by atomic mass is 9.73. The van der Waals surface area contributed by atoms with Crippen LogP contribution in [0.2, 0.25) is 0 Å². The smallest absolute Gasteiger partial charge is 0.226 e. The number of nitrogens with one attached hydrogen (secondary N) is 2. The van der Waals surface area contributed by atoms with Gasteiger partial charge in [-0.25, -0.2) is 4.98 Å². The Morgan fingerprint density at radius 3 is 3.12 bits per heavy atom. The van der Waals surface area contributed by atoms with Crippen molar-refractivity contribution in [2.45, 2.75) is 51.1 Å². The first kappa shape index (κ1) is 16.5. The molecular formula is C18H28N4OS. The second kappa shape index (κ2) is 7.10. The number of fused-ring (bicyclic) bond motifs is 4. The Kier molecular flexibility index (Phi) is 4.88. The van der Waals surface area contributed by atoms with Crippen LogP contribution in [-0.4, -0.2) is 54.1 Å². The normalized spacial score (nSPS) is 33.0. The van der Waals surface area contributed by atoms with Crippen LogP contribution in [0.3, 0.4) is 0 Å². The molecule has 3 aliphatic rings. The van der Waals surface area contributed by atoms with Crippen molar-refractivity contribution in [3.8, 4) is 0 Å². The molecule has 1 amide bonds. The summed E-state index contributed by atoms with van der Waals surface area (Å²) in [5.74, 6) is 1.61. The maximum atomic E-state index is 12.3. The van der Waals surface area contributed by atoms with Crippen LogP contribution in [0.5, 0.6) is 0 Å². The lowest BCUT2D eigenvalue weighted by molar-refractivity contribution is -0.121. The Labute approximate surface area is 148 Å². The number of carbonyl (C=O) groups is 1. The van der Waals surface area contributed by atoms with Gasteiger partial charge >= 0.3 is 0 Å². The predicted molar refractivity (Wildman–Crippen MR) is 96.2 cm³/mol. The number of hydrogen-bond donors (Lipinski definition) is 2. The average Bonchev–Trinajstić information content (AvgIpc) is 3.00. The second-order valence-corrected chi connectivity index (χ2v) is 8.68. The van der Waals surface area contributed by atoms with Crippen LogP contribution in [0.15, 0.2) is 5.38 Å². The van der Waals surface area contributed by atoms with Gasteiger partial charge in [-0.15, -0.1) is 11.3 Å². The highest BCUT2D eigenvalue weighted by Gasteiger charge is 2.45. The van der Waals surface area contributed by atoms with E-state index in [1.165, 1.54) is 38.8 Å². The Bertz CT molecular complexity index is 589. The number of thiazole rings is 1. The van der Waals surface area contributed by atoms with Crippen molar-refractivity contribution in [2.24, 2.45) is 11.8 Å². The van der Waals surface area contributed by atoms with Crippen molar-refractivity contribution in [3.63, 3.8) is 0 Å². The van der Waals surface area contributed by atoms with E-state index in [0.29, 0.717) is 18.4 Å². The Morgan fingerprint density at radius 2 is 2.29 bits per heavy atom. The van der Waals surface area contributed by atoms with Crippen LogP contribution >= 0.6 is 11.3 Å². The molecular weight excluding hydrogens is 320 g/mol. The molecule has 1 aromatic heterocycles. The summed E-state index contributed by atoms with van der Waals surface area (Å²) in [6, 6.07) is 1.23. The van der Waals surface area contributed by atoms with Crippen LogP contribution in [0.4, 0.5) is 0 Å². The maximum Gasteiger partial charge on any atom is 0.226 e. The van der Waals surface area contributed by atoms with Crippen molar-refractivity contribution >= 4 is 17.2 Å². The molecule has 0 radical (unpaired) electrons. The lowest BCUT2D eigenvalue weighted by Crippen LogP contribution is -2.65. The number of aromatic nitrogens is 1. The molecule has 24 heavy (non-hydrogen) atoms. The van der Waals surface area contributed by atoms with Gasteiger partial charge in [0.2, 0.25) is 5.91 Å². The minimum Gasteiger partial charge on any atom is -0.354 e. The van der Waals surface area contributed by atoms with Gasteiger partial charge in [0.1, 0.15) is 0 Å². The summed E-state index contributed by atoms with van der Waals surface area (Å²) in [5.41, 5.74) is 0.897. The van der Waals surface area contributed by atoms with E-state index in [1.807, 2.05) is 12.3 Å². The first-order valence-corrected chi connectivity index (χ1v) is 10.2. The van der Waals surface area contributed by atoms with Gasteiger partial charge in [-0.05, 0) is 57.7 Å². The van der Waals surface area contributed by atoms with Gasteiger partial charge in [0.05, 0.1) is 17.1 Å². The fourth-order valence-corrected chi connectivity index (χ4v) is 5.60. The van der Waals surface area contributed by atoms with E-state index in [1.54, 1.807) is 11.3 Å². The Balaban J connectivity index is 1.37. The molecule has 0 unspecified atom stereocenters. The summed E-state index contributed by atoms with van der Waals surface area (Å²) >= 11 is 1.61. The fraction of sp³-hybridized carbons (Fsp3) is 0.778. The van der Waals surface area contributed by atoms with Gasteiger partial charge in [-0.3, -0.25) is 9.69 Å². The number of hydrogen-bond acceptors (Lipinski definition) is 5. The molecule has 4 atom stereocenters. The fourth-order valence-electron chi connectivity index (χ4n) is 4.98. The van der Waals surface area contributed by atoms with Crippen molar-refractivity contribution in [2.75, 3.05) is 26.2 Å². The SMILES string of the molecule is Cc1nc(CC(=O)NC[C@H]2[C@@H]3CNC[C@@H](C3)[C@@H]3CCCCN32)cs1. The van der Waals surface area contributed by atoms with E-state index in [-0.39, 0.29) is 5.91 Å². The van der Waals surface area contributed by atoms with Crippen molar-refractivity contribution < 1.29 is 4.79 Å². The third-order valence-electron chi connectivity index (χ3n) is 6.04. The lowest BCUT2D eigenvalue weighted by Gasteiger charge is -2.55.